The van der Waals surface area contributed by atoms with Crippen LogP contribution in [0.3, 0.4) is 0 Å². The molecule has 0 aliphatic rings. The summed E-state index contributed by atoms with van der Waals surface area (Å²) < 4.78 is 0. The van der Waals surface area contributed by atoms with E-state index in [1.807, 2.05) is 41.5 Å². The van der Waals surface area contributed by atoms with Crippen molar-refractivity contribution in [3.63, 3.8) is 0 Å². The van der Waals surface area contributed by atoms with Crippen LogP contribution in [0.5, 0.6) is 0 Å². The van der Waals surface area contributed by atoms with E-state index in [9.17, 15) is 9.81 Å². The predicted octanol–water partition coefficient (Wildman–Crippen LogP) is 1.29. The second-order valence-corrected chi connectivity index (χ2v) is 7.49. The van der Waals surface area contributed by atoms with Crippen LogP contribution < -0.4 is 16.4 Å². The van der Waals surface area contributed by atoms with Gasteiger partial charge in [0.2, 0.25) is 0 Å². The summed E-state index contributed by atoms with van der Waals surface area (Å²) in [6.07, 6.45) is 0. The van der Waals surface area contributed by atoms with E-state index in [-0.39, 0.29) is 23.2 Å². The summed E-state index contributed by atoms with van der Waals surface area (Å²) in [5.74, 6) is 0. The standard InChI is InChI=1S/C16H36N6O2/c1-13(20-23)15(3,4)18-8-11-22(10-7-17)12-9-19-16(5,6)14(2)21-24/h13-14,18-19H,7-12,17H2,1-6H3. The van der Waals surface area contributed by atoms with Gasteiger partial charge in [0.05, 0.1) is 0 Å². The summed E-state index contributed by atoms with van der Waals surface area (Å²) in [6.45, 7) is 16.1. The molecule has 0 rings (SSSR count). The van der Waals surface area contributed by atoms with Crippen molar-refractivity contribution >= 4 is 0 Å². The van der Waals surface area contributed by atoms with E-state index in [1.165, 1.54) is 0 Å². The number of hydrogen-bond acceptors (Lipinski definition) is 8. The van der Waals surface area contributed by atoms with E-state index in [0.29, 0.717) is 6.54 Å². The zero-order chi connectivity index (χ0) is 18.8. The average molecular weight is 345 g/mol. The van der Waals surface area contributed by atoms with Gasteiger partial charge in [-0.25, -0.2) is 0 Å². The molecule has 0 aromatic rings. The fraction of sp³-hybridized carbons (Fsp3) is 1.00. The summed E-state index contributed by atoms with van der Waals surface area (Å²) in [7, 11) is 0. The first-order valence-electron chi connectivity index (χ1n) is 8.68. The molecule has 0 fully saturated rings. The van der Waals surface area contributed by atoms with Crippen LogP contribution in [0.25, 0.3) is 0 Å². The number of nitrogens with one attached hydrogen (secondary N) is 2. The lowest BCUT2D eigenvalue weighted by Gasteiger charge is -2.32. The van der Waals surface area contributed by atoms with Crippen molar-refractivity contribution in [2.75, 3.05) is 39.3 Å². The molecule has 0 saturated heterocycles. The minimum absolute atomic E-state index is 0.291. The first-order chi connectivity index (χ1) is 11.1. The quantitative estimate of drug-likeness (QED) is 0.409. The first kappa shape index (κ1) is 23.0. The molecule has 0 spiro atoms. The van der Waals surface area contributed by atoms with Gasteiger partial charge in [-0.05, 0) is 41.5 Å². The Bertz CT molecular complexity index is 344. The Kier molecular flexibility index (Phi) is 10.4. The van der Waals surface area contributed by atoms with Gasteiger partial charge in [-0.3, -0.25) is 4.90 Å². The minimum Gasteiger partial charge on any atom is -0.329 e. The molecule has 0 aliphatic heterocycles. The maximum absolute atomic E-state index is 10.7. The summed E-state index contributed by atoms with van der Waals surface area (Å²) in [5.41, 5.74) is 5.03. The van der Waals surface area contributed by atoms with Crippen molar-refractivity contribution in [1.29, 1.82) is 0 Å². The molecule has 0 heterocycles. The fourth-order valence-electron chi connectivity index (χ4n) is 2.15. The molecular weight excluding hydrogens is 308 g/mol. The summed E-state index contributed by atoms with van der Waals surface area (Å²) in [6, 6.07) is -0.583. The summed E-state index contributed by atoms with van der Waals surface area (Å²) >= 11 is 0. The third kappa shape index (κ3) is 8.23. The zero-order valence-electron chi connectivity index (χ0n) is 16.1. The van der Waals surface area contributed by atoms with Gasteiger partial charge in [-0.1, -0.05) is 10.4 Å². The Hall–Kier alpha value is -0.960. The lowest BCUT2D eigenvalue weighted by Crippen LogP contribution is -2.52. The van der Waals surface area contributed by atoms with E-state index in [4.69, 9.17) is 5.73 Å². The monoisotopic (exact) mass is 344 g/mol. The fourth-order valence-corrected chi connectivity index (χ4v) is 2.15. The Labute approximate surface area is 146 Å². The predicted molar refractivity (Wildman–Crippen MR) is 100 cm³/mol. The highest BCUT2D eigenvalue weighted by molar-refractivity contribution is 4.89. The van der Waals surface area contributed by atoms with Gasteiger partial charge in [-0.2, -0.15) is 9.81 Å². The van der Waals surface area contributed by atoms with Crippen molar-refractivity contribution in [3.05, 3.63) is 9.81 Å². The average Bonchev–Trinajstić information content (AvgIpc) is 2.52. The highest BCUT2D eigenvalue weighted by Crippen LogP contribution is 2.12. The van der Waals surface area contributed by atoms with Crippen molar-refractivity contribution in [2.24, 2.45) is 16.1 Å². The number of hydrogen-bond donors (Lipinski definition) is 3. The number of nitrogens with two attached hydrogens (primary N) is 1. The molecule has 8 nitrogen and oxygen atoms in total. The third-order valence-electron chi connectivity index (χ3n) is 4.87. The van der Waals surface area contributed by atoms with Crippen LogP contribution in [0.4, 0.5) is 0 Å². The molecule has 2 atom stereocenters. The van der Waals surface area contributed by atoms with Crippen LogP contribution in [0.15, 0.2) is 10.4 Å². The lowest BCUT2D eigenvalue weighted by molar-refractivity contribution is 0.239. The topological polar surface area (TPSA) is 112 Å². The highest BCUT2D eigenvalue weighted by atomic mass is 16.3. The second-order valence-electron chi connectivity index (χ2n) is 7.49. The first-order valence-corrected chi connectivity index (χ1v) is 8.68. The molecule has 4 N–H and O–H groups in total. The molecule has 0 amide bonds. The van der Waals surface area contributed by atoms with Crippen molar-refractivity contribution in [3.8, 4) is 0 Å². The molecule has 0 saturated carbocycles. The van der Waals surface area contributed by atoms with Crippen molar-refractivity contribution in [2.45, 2.75) is 64.7 Å². The number of nitrogens with zero attached hydrogens (tertiary/aromatic N) is 3. The van der Waals surface area contributed by atoms with Gasteiger partial charge in [0.15, 0.2) is 0 Å². The molecular formula is C16H36N6O2. The molecule has 0 radical (unpaired) electrons. The summed E-state index contributed by atoms with van der Waals surface area (Å²) in [4.78, 5) is 23.7. The van der Waals surface area contributed by atoms with Gasteiger partial charge < -0.3 is 16.4 Å². The van der Waals surface area contributed by atoms with E-state index in [0.717, 1.165) is 32.7 Å². The van der Waals surface area contributed by atoms with Gasteiger partial charge in [0, 0.05) is 50.3 Å². The van der Waals surface area contributed by atoms with Gasteiger partial charge in [-0.15, -0.1) is 0 Å². The Morgan fingerprint density at radius 2 is 1.25 bits per heavy atom. The largest absolute Gasteiger partial charge is 0.329 e. The number of rotatable bonds is 14. The normalized spacial score (nSPS) is 15.3. The Balaban J connectivity index is 4.32. The van der Waals surface area contributed by atoms with Crippen LogP contribution in [0.2, 0.25) is 0 Å². The Morgan fingerprint density at radius 1 is 0.875 bits per heavy atom. The van der Waals surface area contributed by atoms with Crippen LogP contribution >= 0.6 is 0 Å². The van der Waals surface area contributed by atoms with Crippen LogP contribution in [-0.4, -0.2) is 67.3 Å². The third-order valence-corrected chi connectivity index (χ3v) is 4.87. The zero-order valence-corrected chi connectivity index (χ0v) is 16.1. The van der Waals surface area contributed by atoms with Gasteiger partial charge >= 0.3 is 0 Å². The van der Waals surface area contributed by atoms with E-state index < -0.39 is 0 Å². The number of nitroso groups, excluding NO2 is 2. The molecule has 0 aliphatic carbocycles. The van der Waals surface area contributed by atoms with Crippen molar-refractivity contribution < 1.29 is 0 Å². The highest BCUT2D eigenvalue weighted by Gasteiger charge is 2.27. The van der Waals surface area contributed by atoms with Crippen molar-refractivity contribution in [1.82, 2.24) is 15.5 Å². The van der Waals surface area contributed by atoms with E-state index in [1.54, 1.807) is 0 Å². The van der Waals surface area contributed by atoms with Crippen LogP contribution in [0.1, 0.15) is 41.5 Å². The smallest absolute Gasteiger partial charge is 0.107 e. The summed E-state index contributed by atoms with van der Waals surface area (Å²) in [5, 5.41) is 13.0. The van der Waals surface area contributed by atoms with Gasteiger partial charge in [0.25, 0.3) is 0 Å². The molecule has 24 heavy (non-hydrogen) atoms. The minimum atomic E-state index is -0.332. The van der Waals surface area contributed by atoms with Crippen LogP contribution in [-0.2, 0) is 0 Å². The van der Waals surface area contributed by atoms with E-state index >= 15 is 0 Å². The second kappa shape index (κ2) is 10.8. The molecule has 0 aromatic heterocycles. The Morgan fingerprint density at radius 3 is 1.54 bits per heavy atom. The SMILES string of the molecule is CC(N=O)C(C)(C)NCCN(CCN)CCNC(C)(C)C(C)N=O. The van der Waals surface area contributed by atoms with E-state index in [2.05, 4.69) is 25.9 Å². The molecule has 0 aromatic carbocycles. The molecule has 8 heteroatoms. The maximum Gasteiger partial charge on any atom is 0.107 e. The van der Waals surface area contributed by atoms with Crippen LogP contribution in [0, 0.1) is 9.81 Å². The lowest BCUT2D eigenvalue weighted by atomic mass is 9.97. The molecule has 2 unspecified atom stereocenters. The van der Waals surface area contributed by atoms with Gasteiger partial charge in [0.1, 0.15) is 12.1 Å². The molecule has 142 valence electrons. The molecule has 0 bridgehead atoms. The maximum atomic E-state index is 10.7.